The van der Waals surface area contributed by atoms with Crippen LogP contribution in [0.25, 0.3) is 0 Å². The van der Waals surface area contributed by atoms with E-state index in [-0.39, 0.29) is 85.6 Å². The summed E-state index contributed by atoms with van der Waals surface area (Å²) in [6, 6.07) is 0. The topological polar surface area (TPSA) is 422 Å². The largest absolute Gasteiger partial charge is 0.394 e. The molecule has 0 amide bonds. The van der Waals surface area contributed by atoms with E-state index in [0.717, 1.165) is 0 Å². The Kier molecular flexibility index (Phi) is 22.7. The molecule has 0 bridgehead atoms. The molecule has 5 rings (SSSR count). The van der Waals surface area contributed by atoms with Crippen LogP contribution in [0.3, 0.4) is 0 Å². The van der Waals surface area contributed by atoms with Crippen LogP contribution in [0.5, 0.6) is 0 Å². The summed E-state index contributed by atoms with van der Waals surface area (Å²) >= 11 is 23.2. The standard InChI is InChI=1S/C38H68N8O20S4/c47-11-15-19(51)23(55)27(59)31(63-15)39-35(67)43-3-1-4-44(36(68)40-32-28(60)24(56)20(52)16(12-48)64-32)8-10-46(38(70)42-34-30(62)26(58)22(54)18(14-50)66-34)6-2-5-45(9-7-43)37(69)41-33-29(61)25(57)21(53)17(13-49)65-33/h15-34,47-62H,1-14H2,(H,39,67)(H,40,68)(H,41,69)(H,42,70)/t15-,16-,17-,18-,19-,20-,21-,22-,23+,24+,25+,26+,27+,28+,29+,30+,31+,32+,33+,34+/m1/s1. The molecule has 28 nitrogen and oxygen atoms in total. The Labute approximate surface area is 423 Å². The number of hydrogen-bond donors (Lipinski definition) is 20. The van der Waals surface area contributed by atoms with Crippen molar-refractivity contribution in [2.24, 2.45) is 0 Å². The molecule has 0 unspecified atom stereocenters. The molecular formula is C38H68N8O20S4. The molecule has 0 aliphatic carbocycles. The maximum absolute atomic E-state index is 10.8. The van der Waals surface area contributed by atoms with E-state index < -0.39 is 149 Å². The van der Waals surface area contributed by atoms with Crippen LogP contribution < -0.4 is 21.3 Å². The first-order valence-corrected chi connectivity index (χ1v) is 24.2. The molecule has 0 aromatic rings. The van der Waals surface area contributed by atoms with Crippen molar-refractivity contribution in [2.45, 2.75) is 135 Å². The summed E-state index contributed by atoms with van der Waals surface area (Å²) in [5.41, 5.74) is 0. The zero-order valence-electron chi connectivity index (χ0n) is 37.7. The second-order valence-electron chi connectivity index (χ2n) is 17.5. The molecule has 0 aromatic carbocycles. The molecule has 5 fully saturated rings. The van der Waals surface area contributed by atoms with Gasteiger partial charge < -0.3 is 142 Å². The average molecular weight is 1090 g/mol. The summed E-state index contributed by atoms with van der Waals surface area (Å²) in [4.78, 5) is 6.63. The Balaban J connectivity index is 1.43. The Bertz CT molecular complexity index is 1480. The first kappa shape index (κ1) is 58.8. The molecule has 0 aromatic heterocycles. The maximum atomic E-state index is 10.8. The summed E-state index contributed by atoms with van der Waals surface area (Å²) in [6.07, 6.45) is -30.5. The van der Waals surface area contributed by atoms with Crippen molar-refractivity contribution < 1.29 is 101 Å². The van der Waals surface area contributed by atoms with E-state index in [1.807, 2.05) is 0 Å². The molecule has 20 atom stereocenters. The maximum Gasteiger partial charge on any atom is 0.171 e. The van der Waals surface area contributed by atoms with Gasteiger partial charge in [-0.05, 0) is 61.7 Å². The fourth-order valence-corrected chi connectivity index (χ4v) is 9.58. The number of ether oxygens (including phenoxy) is 4. The minimum absolute atomic E-state index is 0.0199. The Morgan fingerprint density at radius 2 is 0.500 bits per heavy atom. The molecule has 5 aliphatic heterocycles. The van der Waals surface area contributed by atoms with Gasteiger partial charge in [-0.15, -0.1) is 0 Å². The van der Waals surface area contributed by atoms with Crippen LogP contribution in [-0.4, -0.2) is 323 Å². The summed E-state index contributed by atoms with van der Waals surface area (Å²) in [5.74, 6) is 0. The van der Waals surface area contributed by atoms with Gasteiger partial charge in [0.15, 0.2) is 45.4 Å². The Hall–Kier alpha value is -2.04. The zero-order chi connectivity index (χ0) is 51.7. The molecular weight excluding hydrogens is 1020 g/mol. The van der Waals surface area contributed by atoms with Crippen LogP contribution in [0.4, 0.5) is 0 Å². The molecule has 5 aliphatic rings. The van der Waals surface area contributed by atoms with Gasteiger partial charge >= 0.3 is 0 Å². The first-order valence-electron chi connectivity index (χ1n) is 22.6. The third-order valence-corrected chi connectivity index (χ3v) is 14.3. The number of hydrogen-bond acceptors (Lipinski definition) is 24. The SMILES string of the molecule is OC[C@H]1O[C@H](NC(=S)N2CCCN(C(=S)N[C@H]3O[C@H](CO)[C@@H](O)[C@H](O)[C@@H]3O)CCN(C(=S)N[C@H]3O[C@H](CO)[C@@H](O)[C@H](O)[C@@H]3O)CCCN(C(=S)N[C@H]3O[C@H](CO)[C@@H](O)[C@H](O)[C@@H]3O)CC2)[C@@H](O)[C@@H](O)[C@@H]1O. The lowest BCUT2D eigenvalue weighted by Gasteiger charge is -2.43. The quantitative estimate of drug-likeness (QED) is 0.100. The zero-order valence-corrected chi connectivity index (χ0v) is 40.9. The van der Waals surface area contributed by atoms with E-state index >= 15 is 0 Å². The minimum atomic E-state index is -1.72. The highest BCUT2D eigenvalue weighted by molar-refractivity contribution is 7.80. The van der Waals surface area contributed by atoms with Gasteiger partial charge in [0.1, 0.15) is 97.7 Å². The first-order chi connectivity index (χ1) is 33.2. The van der Waals surface area contributed by atoms with E-state index in [4.69, 9.17) is 67.8 Å². The molecule has 5 heterocycles. The van der Waals surface area contributed by atoms with Gasteiger partial charge in [0, 0.05) is 52.4 Å². The second kappa shape index (κ2) is 27.0. The van der Waals surface area contributed by atoms with Gasteiger partial charge in [-0.3, -0.25) is 0 Å². The van der Waals surface area contributed by atoms with E-state index in [0.29, 0.717) is 0 Å². The normalized spacial score (nSPS) is 40.7. The van der Waals surface area contributed by atoms with E-state index in [2.05, 4.69) is 21.3 Å². The Morgan fingerprint density at radius 1 is 0.314 bits per heavy atom. The highest BCUT2D eigenvalue weighted by atomic mass is 32.1. The van der Waals surface area contributed by atoms with E-state index in [1.165, 1.54) is 0 Å². The molecule has 5 saturated heterocycles. The van der Waals surface area contributed by atoms with Crippen molar-refractivity contribution in [3.63, 3.8) is 0 Å². The third-order valence-electron chi connectivity index (χ3n) is 12.8. The number of thiocarbonyl (C=S) groups is 4. The number of nitrogens with one attached hydrogen (secondary N) is 4. The molecule has 70 heavy (non-hydrogen) atoms. The van der Waals surface area contributed by atoms with E-state index in [1.54, 1.807) is 19.6 Å². The lowest BCUT2D eigenvalue weighted by molar-refractivity contribution is -0.232. The van der Waals surface area contributed by atoms with Gasteiger partial charge in [-0.25, -0.2) is 0 Å². The van der Waals surface area contributed by atoms with Gasteiger partial charge in [0.2, 0.25) is 0 Å². The van der Waals surface area contributed by atoms with Crippen molar-refractivity contribution in [2.75, 3.05) is 78.8 Å². The van der Waals surface area contributed by atoms with Crippen LogP contribution >= 0.6 is 48.9 Å². The number of rotatable bonds is 8. The van der Waals surface area contributed by atoms with Crippen molar-refractivity contribution in [3.05, 3.63) is 0 Å². The molecule has 32 heteroatoms. The predicted molar refractivity (Wildman–Crippen MR) is 254 cm³/mol. The molecule has 0 saturated carbocycles. The molecule has 0 radical (unpaired) electrons. The number of aliphatic hydroxyl groups is 16. The highest BCUT2D eigenvalue weighted by Crippen LogP contribution is 2.24. The van der Waals surface area contributed by atoms with E-state index in [9.17, 15) is 81.7 Å². The highest BCUT2D eigenvalue weighted by Gasteiger charge is 2.47. The van der Waals surface area contributed by atoms with Gasteiger partial charge in [0.25, 0.3) is 0 Å². The van der Waals surface area contributed by atoms with Gasteiger partial charge in [0.05, 0.1) is 26.4 Å². The minimum Gasteiger partial charge on any atom is -0.394 e. The molecule has 404 valence electrons. The fraction of sp³-hybridized carbons (Fsp3) is 0.895. The lowest BCUT2D eigenvalue weighted by atomic mass is 9.98. The number of aliphatic hydroxyl groups excluding tert-OH is 16. The summed E-state index contributed by atoms with van der Waals surface area (Å²) in [6.45, 7) is -2.15. The fourth-order valence-electron chi connectivity index (χ4n) is 8.38. The van der Waals surface area contributed by atoms with Gasteiger partial charge in [-0.1, -0.05) is 0 Å². The number of nitrogens with zero attached hydrogens (tertiary/aromatic N) is 4. The summed E-state index contributed by atoms with van der Waals surface area (Å²) in [5, 5.41) is 177. The predicted octanol–water partition coefficient (Wildman–Crippen LogP) is -11.3. The lowest BCUT2D eigenvalue weighted by Crippen LogP contribution is -2.65. The Morgan fingerprint density at radius 3 is 0.671 bits per heavy atom. The van der Waals surface area contributed by atoms with Crippen molar-refractivity contribution in [3.8, 4) is 0 Å². The van der Waals surface area contributed by atoms with Crippen LogP contribution in [0.15, 0.2) is 0 Å². The second-order valence-corrected chi connectivity index (χ2v) is 19.0. The summed E-state index contributed by atoms with van der Waals surface area (Å²) in [7, 11) is 0. The van der Waals surface area contributed by atoms with Crippen LogP contribution in [0.1, 0.15) is 12.8 Å². The van der Waals surface area contributed by atoms with Crippen LogP contribution in [-0.2, 0) is 18.9 Å². The summed E-state index contributed by atoms with van der Waals surface area (Å²) < 4.78 is 22.6. The van der Waals surface area contributed by atoms with Crippen LogP contribution in [0, 0.1) is 0 Å². The van der Waals surface area contributed by atoms with Crippen molar-refractivity contribution >= 4 is 69.3 Å². The monoisotopic (exact) mass is 1080 g/mol. The van der Waals surface area contributed by atoms with Crippen LogP contribution in [0.2, 0.25) is 0 Å². The molecule has 0 spiro atoms. The smallest absolute Gasteiger partial charge is 0.171 e. The average Bonchev–Trinajstić information content (AvgIpc) is 3.34. The molecule has 20 N–H and O–H groups in total. The van der Waals surface area contributed by atoms with Crippen molar-refractivity contribution in [1.29, 1.82) is 0 Å². The third kappa shape index (κ3) is 14.2. The van der Waals surface area contributed by atoms with Crippen molar-refractivity contribution in [1.82, 2.24) is 40.9 Å². The van der Waals surface area contributed by atoms with Gasteiger partial charge in [-0.2, -0.15) is 0 Å².